The van der Waals surface area contributed by atoms with Crippen molar-refractivity contribution in [2.45, 2.75) is 26.2 Å². The summed E-state index contributed by atoms with van der Waals surface area (Å²) in [6.45, 7) is 1.95. The minimum Gasteiger partial charge on any atom is -0.459 e. The molecule has 132 valence electrons. The molecule has 5 nitrogen and oxygen atoms in total. The lowest BCUT2D eigenvalue weighted by Crippen LogP contribution is -2.18. The van der Waals surface area contributed by atoms with Crippen LogP contribution in [0.3, 0.4) is 0 Å². The molecule has 4 rings (SSSR count). The predicted molar refractivity (Wildman–Crippen MR) is 102 cm³/mol. The lowest BCUT2D eigenvalue weighted by Gasteiger charge is -2.10. The van der Waals surface area contributed by atoms with E-state index in [0.717, 1.165) is 36.1 Å². The molecule has 0 unspecified atom stereocenters. The van der Waals surface area contributed by atoms with Gasteiger partial charge in [-0.1, -0.05) is 18.2 Å². The summed E-state index contributed by atoms with van der Waals surface area (Å²) in [5.74, 6) is -0.308. The zero-order chi connectivity index (χ0) is 18.1. The Labute approximate surface area is 155 Å². The molecule has 2 heterocycles. The van der Waals surface area contributed by atoms with Gasteiger partial charge in [0.25, 0.3) is 11.8 Å². The lowest BCUT2D eigenvalue weighted by molar-refractivity contribution is 0.0997. The fourth-order valence-corrected chi connectivity index (χ4v) is 4.48. The van der Waals surface area contributed by atoms with Crippen molar-refractivity contribution in [3.8, 4) is 0 Å². The first-order valence-electron chi connectivity index (χ1n) is 8.50. The molecule has 0 fully saturated rings. The molecule has 26 heavy (non-hydrogen) atoms. The number of carbonyl (C=O) groups excluding carboxylic acids is 2. The maximum atomic E-state index is 13.0. The quantitative estimate of drug-likeness (QED) is 0.706. The van der Waals surface area contributed by atoms with E-state index in [2.05, 4.69) is 10.6 Å². The molecule has 0 bridgehead atoms. The number of anilines is 2. The summed E-state index contributed by atoms with van der Waals surface area (Å²) in [7, 11) is 0. The monoisotopic (exact) mass is 366 g/mol. The molecule has 0 aliphatic heterocycles. The number of benzene rings is 1. The summed E-state index contributed by atoms with van der Waals surface area (Å²) in [6, 6.07) is 10.9. The third-order valence-corrected chi connectivity index (χ3v) is 5.72. The second-order valence-corrected chi connectivity index (χ2v) is 7.37. The fraction of sp³-hybridized carbons (Fsp3) is 0.200. The van der Waals surface area contributed by atoms with Gasteiger partial charge in [0, 0.05) is 10.6 Å². The highest BCUT2D eigenvalue weighted by molar-refractivity contribution is 7.17. The number of nitrogens with one attached hydrogen (secondary N) is 2. The van der Waals surface area contributed by atoms with Crippen molar-refractivity contribution in [3.05, 3.63) is 70.0 Å². The molecule has 6 heteroatoms. The zero-order valence-corrected chi connectivity index (χ0v) is 15.1. The van der Waals surface area contributed by atoms with Crippen molar-refractivity contribution in [2.24, 2.45) is 0 Å². The Bertz CT molecular complexity index is 973. The molecular formula is C20H18N2O3S. The van der Waals surface area contributed by atoms with Crippen molar-refractivity contribution in [1.29, 1.82) is 0 Å². The Hall–Kier alpha value is -2.86. The van der Waals surface area contributed by atoms with E-state index in [-0.39, 0.29) is 17.6 Å². The van der Waals surface area contributed by atoms with Gasteiger partial charge in [0.15, 0.2) is 5.76 Å². The number of furan rings is 1. The van der Waals surface area contributed by atoms with Crippen LogP contribution in [0.25, 0.3) is 0 Å². The van der Waals surface area contributed by atoms with Gasteiger partial charge in [-0.15, -0.1) is 11.3 Å². The van der Waals surface area contributed by atoms with E-state index in [1.807, 2.05) is 31.2 Å². The topological polar surface area (TPSA) is 71.3 Å². The van der Waals surface area contributed by atoms with Gasteiger partial charge in [0.05, 0.1) is 11.8 Å². The minimum atomic E-state index is -0.347. The highest BCUT2D eigenvalue weighted by Crippen LogP contribution is 2.39. The molecule has 1 aromatic carbocycles. The van der Waals surface area contributed by atoms with Crippen LogP contribution < -0.4 is 10.6 Å². The number of thiophene rings is 1. The second-order valence-electron chi connectivity index (χ2n) is 6.26. The van der Waals surface area contributed by atoms with Crippen molar-refractivity contribution >= 4 is 33.8 Å². The highest BCUT2D eigenvalue weighted by Gasteiger charge is 2.28. The summed E-state index contributed by atoms with van der Waals surface area (Å²) >= 11 is 1.48. The number of carbonyl (C=O) groups is 2. The molecule has 2 N–H and O–H groups in total. The van der Waals surface area contributed by atoms with Gasteiger partial charge in [0.2, 0.25) is 0 Å². The number of amides is 2. The van der Waals surface area contributed by atoms with E-state index in [0.29, 0.717) is 10.6 Å². The van der Waals surface area contributed by atoms with Gasteiger partial charge in [-0.2, -0.15) is 0 Å². The fourth-order valence-electron chi connectivity index (χ4n) is 3.20. The average molecular weight is 366 g/mol. The zero-order valence-electron chi connectivity index (χ0n) is 14.3. The average Bonchev–Trinajstić information content (AvgIpc) is 3.33. The SMILES string of the molecule is Cc1ccccc1NC(=O)c1c(NC(=O)c2ccco2)sc2c1CCC2. The van der Waals surface area contributed by atoms with Gasteiger partial charge in [-0.25, -0.2) is 0 Å². The molecule has 0 atom stereocenters. The maximum Gasteiger partial charge on any atom is 0.291 e. The first-order valence-corrected chi connectivity index (χ1v) is 9.31. The highest BCUT2D eigenvalue weighted by atomic mass is 32.1. The van der Waals surface area contributed by atoms with Gasteiger partial charge >= 0.3 is 0 Å². The van der Waals surface area contributed by atoms with Crippen LogP contribution in [-0.4, -0.2) is 11.8 Å². The Morgan fingerprint density at radius 3 is 2.65 bits per heavy atom. The normalized spacial score (nSPS) is 12.7. The number of rotatable bonds is 4. The summed E-state index contributed by atoms with van der Waals surface area (Å²) in [4.78, 5) is 26.5. The number of para-hydroxylation sites is 1. The van der Waals surface area contributed by atoms with Gasteiger partial charge in [-0.3, -0.25) is 9.59 Å². The van der Waals surface area contributed by atoms with Crippen molar-refractivity contribution in [1.82, 2.24) is 0 Å². The summed E-state index contributed by atoms with van der Waals surface area (Å²) < 4.78 is 5.15. The molecule has 0 saturated carbocycles. The lowest BCUT2D eigenvalue weighted by atomic mass is 10.1. The third kappa shape index (κ3) is 3.04. The second kappa shape index (κ2) is 6.80. The van der Waals surface area contributed by atoms with E-state index in [9.17, 15) is 9.59 Å². The number of aryl methyl sites for hydroxylation is 2. The standard InChI is InChI=1S/C20H18N2O3S/c1-12-6-2-3-8-14(12)21-19(24)17-13-7-4-10-16(13)26-20(17)22-18(23)15-9-5-11-25-15/h2-3,5-6,8-9,11H,4,7,10H2,1H3,(H,21,24)(H,22,23). The van der Waals surface area contributed by atoms with Crippen LogP contribution in [-0.2, 0) is 12.8 Å². The van der Waals surface area contributed by atoms with Crippen LogP contribution in [0.4, 0.5) is 10.7 Å². The van der Waals surface area contributed by atoms with Gasteiger partial charge in [-0.05, 0) is 55.5 Å². The van der Waals surface area contributed by atoms with Crippen LogP contribution in [0.15, 0.2) is 47.1 Å². The molecule has 2 amide bonds. The van der Waals surface area contributed by atoms with E-state index >= 15 is 0 Å². The molecule has 2 aromatic heterocycles. The Kier molecular flexibility index (Phi) is 4.34. The van der Waals surface area contributed by atoms with E-state index < -0.39 is 0 Å². The molecule has 0 radical (unpaired) electrons. The van der Waals surface area contributed by atoms with Crippen molar-refractivity contribution in [3.63, 3.8) is 0 Å². The molecule has 0 saturated heterocycles. The smallest absolute Gasteiger partial charge is 0.291 e. The molecular weight excluding hydrogens is 348 g/mol. The van der Waals surface area contributed by atoms with Gasteiger partial charge in [0.1, 0.15) is 5.00 Å². The Morgan fingerprint density at radius 1 is 1.04 bits per heavy atom. The summed E-state index contributed by atoms with van der Waals surface area (Å²) in [5, 5.41) is 6.42. The minimum absolute atomic E-state index is 0.187. The van der Waals surface area contributed by atoms with E-state index in [1.165, 1.54) is 22.5 Å². The number of hydrogen-bond donors (Lipinski definition) is 2. The predicted octanol–water partition coefficient (Wildman–Crippen LogP) is 4.64. The summed E-state index contributed by atoms with van der Waals surface area (Å²) in [5.41, 5.74) is 3.40. The summed E-state index contributed by atoms with van der Waals surface area (Å²) in [6.07, 6.45) is 4.30. The van der Waals surface area contributed by atoms with Gasteiger partial charge < -0.3 is 15.1 Å². The van der Waals surface area contributed by atoms with Crippen LogP contribution in [0.2, 0.25) is 0 Å². The molecule has 1 aliphatic carbocycles. The third-order valence-electron chi connectivity index (χ3n) is 4.51. The van der Waals surface area contributed by atoms with Crippen LogP contribution in [0, 0.1) is 6.92 Å². The van der Waals surface area contributed by atoms with Crippen molar-refractivity contribution in [2.75, 3.05) is 10.6 Å². The Balaban J connectivity index is 1.65. The number of fused-ring (bicyclic) bond motifs is 1. The Morgan fingerprint density at radius 2 is 1.88 bits per heavy atom. The number of hydrogen-bond acceptors (Lipinski definition) is 4. The first-order chi connectivity index (χ1) is 12.6. The van der Waals surface area contributed by atoms with Crippen LogP contribution >= 0.6 is 11.3 Å². The molecule has 1 aliphatic rings. The largest absolute Gasteiger partial charge is 0.459 e. The van der Waals surface area contributed by atoms with E-state index in [4.69, 9.17) is 4.42 Å². The van der Waals surface area contributed by atoms with Crippen LogP contribution in [0.1, 0.15) is 43.3 Å². The van der Waals surface area contributed by atoms with E-state index in [1.54, 1.807) is 12.1 Å². The van der Waals surface area contributed by atoms with Crippen LogP contribution in [0.5, 0.6) is 0 Å². The first kappa shape index (κ1) is 16.6. The maximum absolute atomic E-state index is 13.0. The molecule has 3 aromatic rings. The molecule has 0 spiro atoms. The van der Waals surface area contributed by atoms with Crippen molar-refractivity contribution < 1.29 is 14.0 Å².